The largest absolute Gasteiger partial charge is 0.491 e. The summed E-state index contributed by atoms with van der Waals surface area (Å²) < 4.78 is 43.2. The molecule has 1 N–H and O–H groups in total. The van der Waals surface area contributed by atoms with Crippen LogP contribution in [0.15, 0.2) is 24.3 Å². The lowest BCUT2D eigenvalue weighted by molar-refractivity contribution is -0.151. The van der Waals surface area contributed by atoms with E-state index in [-0.39, 0.29) is 26.1 Å². The number of ether oxygens (including phenoxy) is 8. The number of Topliss-reactive ketones (excluding diaryl/α,β-unsaturated/α-hetero) is 1. The molecule has 0 spiro atoms. The van der Waals surface area contributed by atoms with E-state index in [1.807, 2.05) is 12.1 Å². The van der Waals surface area contributed by atoms with Crippen molar-refractivity contribution in [2.75, 3.05) is 92.5 Å². The standard InChI is InChI=1S/C34H56O12/c1-2-3-4-5-6-7-8-9-30-10-12-31(13-11-30)45-28-26-43-24-22-41-20-18-39-16-17-40-19-21-42-23-25-44-27-29-46-33(36)15-14-32(35)34(37)38/h10-13H,2-9,14-29H2,1H3,(H,37,38). The summed E-state index contributed by atoms with van der Waals surface area (Å²) in [7, 11) is 0. The average molecular weight is 657 g/mol. The molecule has 12 nitrogen and oxygen atoms in total. The monoisotopic (exact) mass is 656 g/mol. The Balaban J connectivity index is 1.76. The third-order valence-corrected chi connectivity index (χ3v) is 6.63. The summed E-state index contributed by atoms with van der Waals surface area (Å²) >= 11 is 0. The molecule has 0 aliphatic heterocycles. The van der Waals surface area contributed by atoms with E-state index in [1.54, 1.807) is 0 Å². The molecule has 0 radical (unpaired) electrons. The van der Waals surface area contributed by atoms with Crippen molar-refractivity contribution in [3.05, 3.63) is 29.8 Å². The molecule has 1 rings (SSSR count). The molecule has 0 saturated heterocycles. The van der Waals surface area contributed by atoms with E-state index in [2.05, 4.69) is 19.1 Å². The van der Waals surface area contributed by atoms with Gasteiger partial charge >= 0.3 is 11.9 Å². The van der Waals surface area contributed by atoms with Crippen LogP contribution in [0.1, 0.15) is 70.3 Å². The fourth-order valence-corrected chi connectivity index (χ4v) is 4.07. The number of carboxylic acid groups (broad SMARTS) is 1. The number of ketones is 1. The maximum Gasteiger partial charge on any atom is 0.372 e. The fraction of sp³-hybridized carbons (Fsp3) is 0.735. The number of carbonyl (C=O) groups is 3. The highest BCUT2D eigenvalue weighted by Crippen LogP contribution is 2.15. The zero-order valence-electron chi connectivity index (χ0n) is 27.7. The summed E-state index contributed by atoms with van der Waals surface area (Å²) in [4.78, 5) is 32.6. The molecule has 0 aliphatic carbocycles. The van der Waals surface area contributed by atoms with Gasteiger partial charge in [-0.3, -0.25) is 9.59 Å². The Labute approximate surface area is 274 Å². The summed E-state index contributed by atoms with van der Waals surface area (Å²) in [6, 6.07) is 8.38. The van der Waals surface area contributed by atoms with Gasteiger partial charge in [-0.05, 0) is 30.5 Å². The van der Waals surface area contributed by atoms with Gasteiger partial charge in [0.1, 0.15) is 19.0 Å². The molecule has 0 aliphatic rings. The van der Waals surface area contributed by atoms with Gasteiger partial charge in [-0.25, -0.2) is 4.79 Å². The van der Waals surface area contributed by atoms with E-state index >= 15 is 0 Å². The van der Waals surface area contributed by atoms with Gasteiger partial charge in [-0.1, -0.05) is 57.6 Å². The van der Waals surface area contributed by atoms with Crippen molar-refractivity contribution in [2.24, 2.45) is 0 Å². The molecule has 0 aromatic heterocycles. The molecule has 0 amide bonds. The Kier molecular flexibility index (Phi) is 27.9. The molecule has 0 fully saturated rings. The van der Waals surface area contributed by atoms with Crippen molar-refractivity contribution < 1.29 is 57.4 Å². The van der Waals surface area contributed by atoms with Crippen LogP contribution in [0, 0.1) is 0 Å². The van der Waals surface area contributed by atoms with E-state index in [0.717, 1.165) is 12.2 Å². The van der Waals surface area contributed by atoms with Crippen molar-refractivity contribution >= 4 is 17.7 Å². The summed E-state index contributed by atoms with van der Waals surface area (Å²) in [6.45, 7) is 7.86. The molecular weight excluding hydrogens is 600 g/mol. The molecule has 0 unspecified atom stereocenters. The van der Waals surface area contributed by atoms with Crippen molar-refractivity contribution in [1.82, 2.24) is 0 Å². The maximum atomic E-state index is 11.4. The van der Waals surface area contributed by atoms with E-state index in [9.17, 15) is 14.4 Å². The van der Waals surface area contributed by atoms with Crippen LogP contribution in [0.4, 0.5) is 0 Å². The van der Waals surface area contributed by atoms with E-state index in [0.29, 0.717) is 79.3 Å². The van der Waals surface area contributed by atoms with Gasteiger partial charge in [-0.15, -0.1) is 0 Å². The quantitative estimate of drug-likeness (QED) is 0.0636. The Morgan fingerprint density at radius 3 is 1.46 bits per heavy atom. The van der Waals surface area contributed by atoms with Gasteiger partial charge in [0.2, 0.25) is 5.78 Å². The first-order valence-corrected chi connectivity index (χ1v) is 16.6. The second kappa shape index (κ2) is 31.0. The van der Waals surface area contributed by atoms with Crippen LogP contribution in [-0.4, -0.2) is 115 Å². The number of benzene rings is 1. The van der Waals surface area contributed by atoms with Crippen molar-refractivity contribution in [1.29, 1.82) is 0 Å². The third-order valence-electron chi connectivity index (χ3n) is 6.63. The molecule has 0 heterocycles. The van der Waals surface area contributed by atoms with Gasteiger partial charge < -0.3 is 43.0 Å². The number of unbranched alkanes of at least 4 members (excludes halogenated alkanes) is 6. The maximum absolute atomic E-state index is 11.4. The predicted molar refractivity (Wildman–Crippen MR) is 171 cm³/mol. The van der Waals surface area contributed by atoms with Gasteiger partial charge in [-0.2, -0.15) is 0 Å². The molecule has 0 bridgehead atoms. The van der Waals surface area contributed by atoms with Crippen molar-refractivity contribution in [3.63, 3.8) is 0 Å². The summed E-state index contributed by atoms with van der Waals surface area (Å²) in [5, 5.41) is 8.45. The minimum Gasteiger partial charge on any atom is -0.491 e. The second-order valence-electron chi connectivity index (χ2n) is 10.5. The molecule has 264 valence electrons. The van der Waals surface area contributed by atoms with E-state index in [1.165, 1.54) is 50.5 Å². The second-order valence-corrected chi connectivity index (χ2v) is 10.5. The van der Waals surface area contributed by atoms with Crippen molar-refractivity contribution in [2.45, 2.75) is 71.1 Å². The third kappa shape index (κ3) is 26.6. The SMILES string of the molecule is CCCCCCCCCc1ccc(OCCOCCOCCOCCOCCOCCOCCOC(=O)CCC(=O)C(=O)O)cc1. The fourth-order valence-electron chi connectivity index (χ4n) is 4.07. The molecule has 12 heteroatoms. The van der Waals surface area contributed by atoms with Crippen LogP contribution in [0.25, 0.3) is 0 Å². The van der Waals surface area contributed by atoms with Crippen molar-refractivity contribution in [3.8, 4) is 5.75 Å². The van der Waals surface area contributed by atoms with E-state index < -0.39 is 17.7 Å². The first-order valence-electron chi connectivity index (χ1n) is 16.6. The number of aryl methyl sites for hydroxylation is 1. The number of hydrogen-bond donors (Lipinski definition) is 1. The van der Waals surface area contributed by atoms with Gasteiger partial charge in [0, 0.05) is 6.42 Å². The van der Waals surface area contributed by atoms with Crippen LogP contribution in [0.5, 0.6) is 5.75 Å². The topological polar surface area (TPSA) is 145 Å². The number of esters is 1. The number of carbonyl (C=O) groups excluding carboxylic acids is 2. The highest BCUT2D eigenvalue weighted by atomic mass is 16.6. The average Bonchev–Trinajstić information content (AvgIpc) is 3.06. The predicted octanol–water partition coefficient (Wildman–Crippen LogP) is 4.44. The van der Waals surface area contributed by atoms with Crippen LogP contribution in [-0.2, 0) is 54.0 Å². The summed E-state index contributed by atoms with van der Waals surface area (Å²) in [5.41, 5.74) is 1.37. The number of rotatable bonds is 34. The lowest BCUT2D eigenvalue weighted by atomic mass is 10.0. The first-order chi connectivity index (χ1) is 22.5. The van der Waals surface area contributed by atoms with Gasteiger partial charge in [0.15, 0.2) is 0 Å². The lowest BCUT2D eigenvalue weighted by Crippen LogP contribution is -2.17. The highest BCUT2D eigenvalue weighted by molar-refractivity contribution is 6.32. The Morgan fingerprint density at radius 1 is 0.543 bits per heavy atom. The molecule has 0 atom stereocenters. The summed E-state index contributed by atoms with van der Waals surface area (Å²) in [6.07, 6.45) is 9.78. The van der Waals surface area contributed by atoms with Gasteiger partial charge in [0.25, 0.3) is 0 Å². The zero-order chi connectivity index (χ0) is 33.3. The zero-order valence-corrected chi connectivity index (χ0v) is 27.7. The van der Waals surface area contributed by atoms with Crippen LogP contribution < -0.4 is 4.74 Å². The van der Waals surface area contributed by atoms with Crippen LogP contribution in [0.3, 0.4) is 0 Å². The molecule has 46 heavy (non-hydrogen) atoms. The van der Waals surface area contributed by atoms with Gasteiger partial charge in [0.05, 0.1) is 85.7 Å². The minimum absolute atomic E-state index is 0.0206. The highest BCUT2D eigenvalue weighted by Gasteiger charge is 2.14. The van der Waals surface area contributed by atoms with E-state index in [4.69, 9.17) is 43.0 Å². The van der Waals surface area contributed by atoms with Crippen LogP contribution >= 0.6 is 0 Å². The molecule has 0 saturated carbocycles. The number of carboxylic acids is 1. The Bertz CT molecular complexity index is 877. The smallest absolute Gasteiger partial charge is 0.372 e. The number of hydrogen-bond acceptors (Lipinski definition) is 11. The lowest BCUT2D eigenvalue weighted by Gasteiger charge is -2.09. The van der Waals surface area contributed by atoms with Crippen LogP contribution in [0.2, 0.25) is 0 Å². The Hall–Kier alpha value is -2.61. The molecule has 1 aromatic rings. The number of aliphatic carboxylic acids is 1. The molecule has 1 aromatic carbocycles. The Morgan fingerprint density at radius 2 is 0.978 bits per heavy atom. The normalized spacial score (nSPS) is 11.1. The minimum atomic E-state index is -1.56. The molecular formula is C34H56O12. The summed E-state index contributed by atoms with van der Waals surface area (Å²) in [5.74, 6) is -2.35. The first kappa shape index (κ1) is 41.4.